The number of H-pyrrole nitrogens is 2. The van der Waals surface area contributed by atoms with Crippen LogP contribution in [0.1, 0.15) is 73.8 Å². The van der Waals surface area contributed by atoms with Gasteiger partial charge in [0.05, 0.1) is 130 Å². The van der Waals surface area contributed by atoms with Crippen molar-refractivity contribution < 1.29 is 159 Å². The van der Waals surface area contributed by atoms with Crippen LogP contribution in [-0.2, 0) is 158 Å². The van der Waals surface area contributed by atoms with E-state index in [1.54, 1.807) is 4.57 Å². The number of nitrogen functional groups attached to an aromatic ring is 4. The normalized spacial score (nSPS) is 29.2. The van der Waals surface area contributed by atoms with E-state index in [0.717, 1.165) is 32.6 Å². The average Bonchev–Trinajstić information content (AvgIpc) is 1.60. The molecule has 0 amide bonds. The number of aromatic nitrogens is 18. The Bertz CT molecular complexity index is 6580. The number of rotatable bonds is 52. The van der Waals surface area contributed by atoms with Gasteiger partial charge in [-0.2, -0.15) is 4.98 Å². The number of methoxy groups -OCH3 is 5. The molecule has 69 heteroatoms. The van der Waals surface area contributed by atoms with Crippen molar-refractivity contribution in [1.29, 1.82) is 0 Å². The third-order valence-electron chi connectivity index (χ3n) is 23.6. The van der Waals surface area contributed by atoms with Crippen LogP contribution in [0.25, 0.3) is 33.5 Å². The highest BCUT2D eigenvalue weighted by Crippen LogP contribution is 2.60. The summed E-state index contributed by atoms with van der Waals surface area (Å²) in [6, 6.07) is 0. The second-order valence-electron chi connectivity index (χ2n) is 33.2. The highest BCUT2D eigenvalue weighted by molar-refractivity contribution is 8.44. The molecule has 28 atom stereocenters. The second-order valence-corrected chi connectivity index (χ2v) is 44.5. The van der Waals surface area contributed by atoms with Gasteiger partial charge in [0.2, 0.25) is 0 Å². The van der Waals surface area contributed by atoms with Crippen LogP contribution in [0.5, 0.6) is 0 Å². The van der Waals surface area contributed by atoms with Crippen molar-refractivity contribution in [2.75, 3.05) is 158 Å². The van der Waals surface area contributed by atoms with Gasteiger partial charge in [-0.15, -0.1) is 0 Å². The molecule has 9 aromatic heterocycles. The number of hydrogen-bond donors (Lipinski definition) is 12. The van der Waals surface area contributed by atoms with Gasteiger partial charge in [0, 0.05) is 77.3 Å². The van der Waals surface area contributed by atoms with E-state index in [2.05, 4.69) is 72.1 Å². The molecular formula is C76H109N22O39P5S3. The first-order valence-corrected chi connectivity index (χ1v) is 55.2. The molecule has 0 saturated carbocycles. The molecule has 61 nitrogen and oxygen atoms in total. The predicted molar refractivity (Wildman–Crippen MR) is 505 cm³/mol. The third kappa shape index (κ3) is 26.0. The Morgan fingerprint density at radius 3 is 1.18 bits per heavy atom. The molecule has 15 rings (SSSR count). The van der Waals surface area contributed by atoms with E-state index >= 15 is 13.7 Å². The monoisotopic (exact) mass is 2200 g/mol. The van der Waals surface area contributed by atoms with Crippen molar-refractivity contribution in [3.8, 4) is 0 Å². The number of aliphatic hydroxyl groups is 1. The van der Waals surface area contributed by atoms with Crippen molar-refractivity contribution in [1.82, 2.24) is 87.2 Å². The molecule has 6 aliphatic heterocycles. The number of nitrogens with one attached hydrogen (secondary N) is 2. The molecule has 0 aliphatic carbocycles. The van der Waals surface area contributed by atoms with Crippen molar-refractivity contribution in [3.63, 3.8) is 0 Å². The molecule has 6 fully saturated rings. The number of aryl methyl sites for hydroxylation is 3. The maximum atomic E-state index is 15.7. The minimum atomic E-state index is -5.91. The maximum Gasteiger partial charge on any atom is 0.472 e. The molecule has 0 radical (unpaired) electrons. The van der Waals surface area contributed by atoms with E-state index in [1.165, 1.54) is 103 Å². The zero-order valence-corrected chi connectivity index (χ0v) is 85.6. The van der Waals surface area contributed by atoms with Crippen LogP contribution in [0.3, 0.4) is 0 Å². The van der Waals surface area contributed by atoms with E-state index in [-0.39, 0.29) is 128 Å². The molecule has 15 N–H and O–H groups in total. The van der Waals surface area contributed by atoms with Gasteiger partial charge in [-0.05, 0) is 50.8 Å². The molecule has 6 aliphatic rings. The first-order chi connectivity index (χ1) is 69.2. The number of hydrogen-bond acceptors (Lipinski definition) is 51. The fraction of sp³-hybridized carbons (Fsp3) is 0.645. The Morgan fingerprint density at radius 1 is 0.407 bits per heavy atom. The van der Waals surface area contributed by atoms with Gasteiger partial charge in [-0.1, -0.05) is 19.2 Å². The quantitative estimate of drug-likeness (QED) is 0.0130. The fourth-order valence-corrected chi connectivity index (χ4v) is 23.0. The summed E-state index contributed by atoms with van der Waals surface area (Å²) in [4.78, 5) is 163. The van der Waals surface area contributed by atoms with Crippen molar-refractivity contribution >= 4 is 129 Å². The van der Waals surface area contributed by atoms with Crippen LogP contribution in [0.4, 0.5) is 23.3 Å². The number of phosphoric ester groups is 2. The molecule has 9 aromatic rings. The first kappa shape index (κ1) is 111. The molecule has 800 valence electrons. The number of phosphoric acid groups is 2. The third-order valence-corrected chi connectivity index (χ3v) is 30.4. The van der Waals surface area contributed by atoms with Gasteiger partial charge in [-0.25, -0.2) is 72.9 Å². The zero-order chi connectivity index (χ0) is 104. The summed E-state index contributed by atoms with van der Waals surface area (Å²) >= 11 is 15.8. The Balaban J connectivity index is 0.718. The van der Waals surface area contributed by atoms with Crippen LogP contribution in [0.2, 0.25) is 0 Å². The van der Waals surface area contributed by atoms with Gasteiger partial charge in [0.25, 0.3) is 11.1 Å². The van der Waals surface area contributed by atoms with Gasteiger partial charge < -0.3 is 137 Å². The number of aliphatic hydroxyl groups excluding tert-OH is 1. The van der Waals surface area contributed by atoms with Crippen LogP contribution < -0.4 is 51.1 Å². The number of nitrogens with zero attached hydrogens (tertiary/aromatic N) is 16. The minimum Gasteiger partial charge on any atom is -0.387 e. The molecule has 15 heterocycles. The Hall–Kier alpha value is -7.81. The number of fused-ring (bicyclic) bond motifs is 3. The lowest BCUT2D eigenvalue weighted by molar-refractivity contribution is -0.0843. The average molecular weight is 2210 g/mol. The van der Waals surface area contributed by atoms with E-state index in [0.29, 0.717) is 17.6 Å². The highest BCUT2D eigenvalue weighted by atomic mass is 32.7. The first-order valence-electron chi connectivity index (χ1n) is 44.4. The lowest BCUT2D eigenvalue weighted by Gasteiger charge is -2.30. The summed E-state index contributed by atoms with van der Waals surface area (Å²) in [5.41, 5.74) is 21.3. The Morgan fingerprint density at radius 2 is 0.752 bits per heavy atom. The summed E-state index contributed by atoms with van der Waals surface area (Å²) in [6.07, 6.45) is -24.9. The molecule has 6 saturated heterocycles. The minimum absolute atomic E-state index is 0.00890. The zero-order valence-electron chi connectivity index (χ0n) is 78.6. The van der Waals surface area contributed by atoms with Crippen molar-refractivity contribution in [2.24, 2.45) is 0 Å². The number of ether oxygens (including phenoxy) is 16. The van der Waals surface area contributed by atoms with Gasteiger partial charge in [0.15, 0.2) is 65.5 Å². The fourth-order valence-electron chi connectivity index (χ4n) is 16.7. The molecule has 11 unspecified atom stereocenters. The Kier molecular flexibility index (Phi) is 37.0. The van der Waals surface area contributed by atoms with Crippen LogP contribution in [-0.4, -0.2) is 350 Å². The van der Waals surface area contributed by atoms with Crippen molar-refractivity contribution in [3.05, 3.63) is 125 Å². The number of thiol groups is 1. The number of aromatic amines is 2. The lowest BCUT2D eigenvalue weighted by Crippen LogP contribution is -2.41. The number of anilines is 4. The molecule has 145 heavy (non-hydrogen) atoms. The molecule has 0 spiro atoms. The molecule has 0 aromatic carbocycles. The summed E-state index contributed by atoms with van der Waals surface area (Å²) in [6.45, 7) is -15.4. The molecular weight excluding hydrogens is 2100 g/mol. The largest absolute Gasteiger partial charge is 0.472 e. The van der Waals surface area contributed by atoms with Gasteiger partial charge in [0.1, 0.15) is 139 Å². The highest BCUT2D eigenvalue weighted by Gasteiger charge is 2.59. The van der Waals surface area contributed by atoms with Crippen LogP contribution in [0, 0.1) is 20.8 Å². The number of nitrogens with two attached hydrogens (primary N) is 4. The van der Waals surface area contributed by atoms with E-state index in [1.807, 2.05) is 6.92 Å². The van der Waals surface area contributed by atoms with E-state index < -0.39 is 245 Å². The summed E-state index contributed by atoms with van der Waals surface area (Å²) in [7, 11) is -4.94. The summed E-state index contributed by atoms with van der Waals surface area (Å²) in [5.74, 6) is -0.281. The van der Waals surface area contributed by atoms with Crippen LogP contribution >= 0.6 is 48.1 Å². The molecule has 0 bridgehead atoms. The van der Waals surface area contributed by atoms with Crippen LogP contribution in [0.15, 0.2) is 80.5 Å². The van der Waals surface area contributed by atoms with E-state index in [9.17, 15) is 48.7 Å². The lowest BCUT2D eigenvalue weighted by atomic mass is 10.1. The van der Waals surface area contributed by atoms with Crippen molar-refractivity contribution in [2.45, 2.75) is 182 Å². The van der Waals surface area contributed by atoms with Gasteiger partial charge in [-0.3, -0.25) is 78.6 Å². The standard InChI is InChI=1S/C76H109N22O39P5S3/c1-10-39-40(21-46(127-39)96-33-87-47-61(78)81-30-84-64(47)96)133-140(109,143)125-28-44-52(57(119-18-13-114-7)72(132-44)97-34-88-48-62(79)82-31-85-65(48)97)135-138(105,106)122-26-42-51(56(118-17-12-113-6)70(129-42)93-22-36(2)60(77)90-74(93)102)134-139(107,108)123-27-43-53(59(121-20-15-116-9)73(131-43)98-35-89-49-63(80)83-32-86-66(49)98)136-142(111,145)126-29-45-54(58(120-19-14-115-8)71(130-45)95-24-38(4)68(101)92-76(95)104)137-141(110,144)124-25-41-50(99)55(117-16-11-112-5)69(128-41)94-23-37(3)67(100)91-75(94)103/h22-24,30-35,39-46,50-59,69-73,99H,10-21,25-29H2,1-9H3,(H,105,106)(H,107,108)(H,109,143)(H,110,144)(H,111,145)(H2,77,90,102)(H2,78,81,84)(H2,79,82,85)(H2,80,83,86)(H,91,100,103)(H,92,101,104)/t39-,40?,41-,42-,43-,44-,45-,46-,50?,51?,52?,53?,54?,55+,56+,57+,58+,59+,69-,70-,71-,72-,73-,140?,141?,142?/m1/s1. The summed E-state index contributed by atoms with van der Waals surface area (Å²) < 4.78 is 211. The second kappa shape index (κ2) is 48.2. The van der Waals surface area contributed by atoms with E-state index in [4.69, 9.17) is 168 Å². The van der Waals surface area contributed by atoms with Gasteiger partial charge >= 0.3 is 52.9 Å². The number of imidazole rings is 3. The predicted octanol–water partition coefficient (Wildman–Crippen LogP) is -0.498. The topological polar surface area (TPSA) is 772 Å². The Labute approximate surface area is 835 Å². The maximum absolute atomic E-state index is 15.7. The summed E-state index contributed by atoms with van der Waals surface area (Å²) in [5, 5.41) is 11.8. The smallest absolute Gasteiger partial charge is 0.387 e. The SMILES string of the molecule is CC[C@H]1O[C@@H](n2cnc3c(N)ncnc32)CC1OP(O)(=S)OC[C@H]1O[C@@H](n2cnc3c(N)ncnc32)[C@@H](OCCOC)C1OP(=O)(O)OC[C@H]1O[C@@H](n2cc(C)c(N)nc2=O)[C@@H](OCCOC)C1OP(=O)(O)OC[C@H]1O[C@@H](n2cnc3c(N)ncnc32)[C@@H](OCCOC)C1OP(=O)(S)OC[C@H]1O[C@@H](n2cc(C)c(=O)[nH]c2=O)[C@@H](OCCOC)C1OP(O)(=S)OC[C@H]1O[C@@H](n2cc(C)c(=O)[nH]c2=O)[C@@H](OCCOC)C1O.